The lowest BCUT2D eigenvalue weighted by molar-refractivity contribution is 1.32. The molecule has 112 valence electrons. The maximum atomic E-state index is 4.04. The largest absolute Gasteiger partial charge is 0.354 e. The van der Waals surface area contributed by atoms with E-state index in [0.29, 0.717) is 0 Å². The van der Waals surface area contributed by atoms with Gasteiger partial charge in [0.15, 0.2) is 0 Å². The zero-order valence-electron chi connectivity index (χ0n) is 14.1. The minimum absolute atomic E-state index is 1.01. The Bertz CT molecular complexity index is 394. The summed E-state index contributed by atoms with van der Waals surface area (Å²) in [6, 6.07) is 12.2. The fourth-order valence-electron chi connectivity index (χ4n) is 1.24. The lowest BCUT2D eigenvalue weighted by Crippen LogP contribution is -1.89. The van der Waals surface area contributed by atoms with Crippen LogP contribution in [0, 0.1) is 6.92 Å². The van der Waals surface area contributed by atoms with Crippen LogP contribution in [0.3, 0.4) is 0 Å². The molecule has 2 heteroatoms. The van der Waals surface area contributed by atoms with Crippen molar-refractivity contribution in [1.29, 1.82) is 0 Å². The number of benzene rings is 1. The van der Waals surface area contributed by atoms with Crippen LogP contribution in [0.2, 0.25) is 0 Å². The third-order valence-corrected chi connectivity index (χ3v) is 2.00. The van der Waals surface area contributed by atoms with Crippen molar-refractivity contribution in [3.63, 3.8) is 0 Å². The Hall–Kier alpha value is -1.83. The lowest BCUT2D eigenvalue weighted by Gasteiger charge is -2.05. The molecule has 0 saturated heterocycles. The van der Waals surface area contributed by atoms with Crippen LogP contribution in [0.5, 0.6) is 0 Å². The van der Waals surface area contributed by atoms with E-state index in [1.165, 1.54) is 5.56 Å². The van der Waals surface area contributed by atoms with Gasteiger partial charge in [-0.05, 0) is 31.2 Å². The van der Waals surface area contributed by atoms with E-state index in [4.69, 9.17) is 0 Å². The number of rotatable bonds is 2. The topological polar surface area (TPSA) is 24.9 Å². The zero-order chi connectivity index (χ0) is 15.8. The number of anilines is 2. The minimum Gasteiger partial charge on any atom is -0.354 e. The van der Waals surface area contributed by atoms with Crippen LogP contribution in [-0.2, 0) is 0 Å². The summed E-state index contributed by atoms with van der Waals surface area (Å²) < 4.78 is 0. The molecule has 0 atom stereocenters. The highest BCUT2D eigenvalue weighted by atomic mass is 14.9. The van der Waals surface area contributed by atoms with Crippen LogP contribution in [-0.4, -0.2) is 4.98 Å². The first kappa shape index (κ1) is 20.5. The molecule has 20 heavy (non-hydrogen) atoms. The van der Waals surface area contributed by atoms with Crippen molar-refractivity contribution < 1.29 is 0 Å². The number of aromatic nitrogens is 1. The van der Waals surface area contributed by atoms with E-state index < -0.39 is 0 Å². The molecule has 0 aliphatic carbocycles. The van der Waals surface area contributed by atoms with Gasteiger partial charge >= 0.3 is 0 Å². The summed E-state index contributed by atoms with van der Waals surface area (Å²) >= 11 is 0. The molecule has 2 nitrogen and oxygen atoms in total. The molecule has 0 radical (unpaired) electrons. The van der Waals surface area contributed by atoms with Gasteiger partial charge in [-0.2, -0.15) is 0 Å². The van der Waals surface area contributed by atoms with Gasteiger partial charge in [0.2, 0.25) is 0 Å². The van der Waals surface area contributed by atoms with Crippen molar-refractivity contribution in [3.8, 4) is 0 Å². The van der Waals surface area contributed by atoms with Crippen LogP contribution in [0.25, 0.3) is 0 Å². The molecule has 1 N–H and O–H groups in total. The van der Waals surface area contributed by atoms with Gasteiger partial charge in [0.05, 0.1) is 11.9 Å². The van der Waals surface area contributed by atoms with Gasteiger partial charge in [0, 0.05) is 11.9 Å². The van der Waals surface area contributed by atoms with Gasteiger partial charge in [-0.15, -0.1) is 0 Å². The average molecular weight is 274 g/mol. The second kappa shape index (κ2) is 15.2. The Morgan fingerprint density at radius 3 is 1.75 bits per heavy atom. The van der Waals surface area contributed by atoms with Gasteiger partial charge in [-0.1, -0.05) is 59.2 Å². The van der Waals surface area contributed by atoms with Crippen molar-refractivity contribution >= 4 is 11.4 Å². The molecule has 0 saturated carbocycles. The zero-order valence-corrected chi connectivity index (χ0v) is 14.1. The van der Waals surface area contributed by atoms with Gasteiger partial charge in [-0.25, -0.2) is 0 Å². The molecule has 1 aromatic carbocycles. The SMILES string of the molecule is CC.CC.CC.Cc1ccc(Nc2cccnc2)cc1. The van der Waals surface area contributed by atoms with Crippen molar-refractivity contribution in [2.24, 2.45) is 0 Å². The van der Waals surface area contributed by atoms with E-state index in [-0.39, 0.29) is 0 Å². The molecular weight excluding hydrogens is 244 g/mol. The molecule has 1 heterocycles. The summed E-state index contributed by atoms with van der Waals surface area (Å²) in [5, 5.41) is 3.27. The highest BCUT2D eigenvalue weighted by molar-refractivity contribution is 5.58. The molecule has 0 aliphatic heterocycles. The number of hydrogen-bond acceptors (Lipinski definition) is 2. The molecule has 0 aliphatic rings. The standard InChI is InChI=1S/C12H12N2.3C2H6/c1-10-4-6-11(7-5-10)14-12-3-2-8-13-9-12;3*1-2/h2-9,14H,1H3;3*1-2H3. The van der Waals surface area contributed by atoms with E-state index >= 15 is 0 Å². The second-order valence-corrected chi connectivity index (χ2v) is 3.23. The molecular formula is C18H30N2. The van der Waals surface area contributed by atoms with Crippen molar-refractivity contribution in [2.75, 3.05) is 5.32 Å². The lowest BCUT2D eigenvalue weighted by atomic mass is 10.2. The Balaban J connectivity index is 0. The van der Waals surface area contributed by atoms with Crippen LogP contribution >= 0.6 is 0 Å². The molecule has 0 fully saturated rings. The van der Waals surface area contributed by atoms with E-state index in [9.17, 15) is 0 Å². The summed E-state index contributed by atoms with van der Waals surface area (Å²) in [5.41, 5.74) is 3.36. The van der Waals surface area contributed by atoms with Gasteiger partial charge < -0.3 is 5.32 Å². The van der Waals surface area contributed by atoms with Crippen molar-refractivity contribution in [1.82, 2.24) is 4.98 Å². The van der Waals surface area contributed by atoms with E-state index in [0.717, 1.165) is 11.4 Å². The monoisotopic (exact) mass is 274 g/mol. The Morgan fingerprint density at radius 2 is 1.30 bits per heavy atom. The first-order valence-electron chi connectivity index (χ1n) is 7.58. The normalized spacial score (nSPS) is 7.75. The fraction of sp³-hybridized carbons (Fsp3) is 0.389. The summed E-state index contributed by atoms with van der Waals surface area (Å²) in [6.45, 7) is 14.1. The van der Waals surface area contributed by atoms with Gasteiger partial charge in [0.25, 0.3) is 0 Å². The predicted molar refractivity (Wildman–Crippen MR) is 92.7 cm³/mol. The minimum atomic E-state index is 1.01. The maximum Gasteiger partial charge on any atom is 0.0570 e. The van der Waals surface area contributed by atoms with Gasteiger partial charge in [-0.3, -0.25) is 4.98 Å². The number of hydrogen-bond donors (Lipinski definition) is 1. The maximum absolute atomic E-state index is 4.04. The Labute approximate surface area is 125 Å². The van der Waals surface area contributed by atoms with E-state index in [2.05, 4.69) is 41.5 Å². The third-order valence-electron chi connectivity index (χ3n) is 2.00. The average Bonchev–Trinajstić information content (AvgIpc) is 2.56. The van der Waals surface area contributed by atoms with Gasteiger partial charge in [0.1, 0.15) is 0 Å². The molecule has 2 rings (SSSR count). The molecule has 0 bridgehead atoms. The highest BCUT2D eigenvalue weighted by Crippen LogP contribution is 2.15. The van der Waals surface area contributed by atoms with Crippen LogP contribution < -0.4 is 5.32 Å². The Kier molecular flexibility index (Phi) is 15.6. The smallest absolute Gasteiger partial charge is 0.0570 e. The molecule has 1 aromatic heterocycles. The third kappa shape index (κ3) is 9.15. The quantitative estimate of drug-likeness (QED) is 0.704. The van der Waals surface area contributed by atoms with Crippen LogP contribution in [0.4, 0.5) is 11.4 Å². The second-order valence-electron chi connectivity index (χ2n) is 3.23. The molecule has 0 spiro atoms. The number of nitrogens with zero attached hydrogens (tertiary/aromatic N) is 1. The van der Waals surface area contributed by atoms with Crippen molar-refractivity contribution in [3.05, 3.63) is 54.4 Å². The molecule has 0 amide bonds. The number of pyridine rings is 1. The summed E-state index contributed by atoms with van der Waals surface area (Å²) in [5.74, 6) is 0. The highest BCUT2D eigenvalue weighted by Gasteiger charge is 1.92. The predicted octanol–water partition coefficient (Wildman–Crippen LogP) is 6.21. The first-order chi connectivity index (χ1) is 9.84. The van der Waals surface area contributed by atoms with Crippen LogP contribution in [0.1, 0.15) is 47.1 Å². The van der Waals surface area contributed by atoms with E-state index in [1.807, 2.05) is 53.7 Å². The van der Waals surface area contributed by atoms with Crippen LogP contribution in [0.15, 0.2) is 48.8 Å². The summed E-state index contributed by atoms with van der Waals surface area (Å²) in [7, 11) is 0. The van der Waals surface area contributed by atoms with E-state index in [1.54, 1.807) is 12.4 Å². The Morgan fingerprint density at radius 1 is 0.750 bits per heavy atom. The molecule has 2 aromatic rings. The number of nitrogens with one attached hydrogen (secondary N) is 1. The summed E-state index contributed by atoms with van der Waals surface area (Å²) in [4.78, 5) is 4.04. The number of aryl methyl sites for hydroxylation is 1. The first-order valence-corrected chi connectivity index (χ1v) is 7.58. The summed E-state index contributed by atoms with van der Waals surface area (Å²) in [6.07, 6.45) is 3.57. The fourth-order valence-corrected chi connectivity index (χ4v) is 1.24. The van der Waals surface area contributed by atoms with Crippen molar-refractivity contribution in [2.45, 2.75) is 48.5 Å². The molecule has 0 unspecified atom stereocenters.